The number of phenols is 1. The third kappa shape index (κ3) is 3.51. The smallest absolute Gasteiger partial charge is 0.160 e. The summed E-state index contributed by atoms with van der Waals surface area (Å²) in [6, 6.07) is 17.8. The SMILES string of the molecule is COc1ccc(-c2nc3ccc(C4=Nc5ccc(C6=NCCCN6)cc5C4)cc3[nH]2)cc1O. The molecule has 7 heteroatoms. The predicted molar refractivity (Wildman–Crippen MR) is 130 cm³/mol. The number of methoxy groups -OCH3 is 1. The summed E-state index contributed by atoms with van der Waals surface area (Å²) in [4.78, 5) is 17.6. The molecule has 33 heavy (non-hydrogen) atoms. The minimum absolute atomic E-state index is 0.0861. The maximum Gasteiger partial charge on any atom is 0.160 e. The number of rotatable bonds is 4. The Labute approximate surface area is 190 Å². The van der Waals surface area contributed by atoms with Crippen LogP contribution in [0.3, 0.4) is 0 Å². The number of hydrogen-bond acceptors (Lipinski definition) is 6. The van der Waals surface area contributed by atoms with Crippen LogP contribution >= 0.6 is 0 Å². The van der Waals surface area contributed by atoms with Crippen molar-refractivity contribution in [2.75, 3.05) is 20.2 Å². The Hall–Kier alpha value is -4.13. The first-order valence-electron chi connectivity index (χ1n) is 11.0. The summed E-state index contributed by atoms with van der Waals surface area (Å²) in [5.41, 5.74) is 8.06. The van der Waals surface area contributed by atoms with Crippen molar-refractivity contribution in [1.29, 1.82) is 0 Å². The zero-order valence-corrected chi connectivity index (χ0v) is 18.2. The predicted octanol–water partition coefficient (Wildman–Crippen LogP) is 4.36. The highest BCUT2D eigenvalue weighted by atomic mass is 16.5. The third-order valence-electron chi connectivity index (χ3n) is 6.13. The van der Waals surface area contributed by atoms with E-state index in [4.69, 9.17) is 9.73 Å². The Morgan fingerprint density at radius 2 is 1.85 bits per heavy atom. The van der Waals surface area contributed by atoms with Crippen LogP contribution in [0.1, 0.15) is 23.1 Å². The molecule has 6 rings (SSSR count). The van der Waals surface area contributed by atoms with Crippen LogP contribution in [0.15, 0.2) is 64.6 Å². The van der Waals surface area contributed by atoms with Gasteiger partial charge in [0.15, 0.2) is 11.5 Å². The van der Waals surface area contributed by atoms with Gasteiger partial charge in [0.1, 0.15) is 11.7 Å². The molecule has 2 aliphatic heterocycles. The Morgan fingerprint density at radius 1 is 0.970 bits per heavy atom. The van der Waals surface area contributed by atoms with Gasteiger partial charge in [-0.1, -0.05) is 6.07 Å². The number of imidazole rings is 1. The molecule has 1 aromatic heterocycles. The van der Waals surface area contributed by atoms with E-state index in [1.165, 1.54) is 12.7 Å². The minimum Gasteiger partial charge on any atom is -0.504 e. The van der Waals surface area contributed by atoms with E-state index in [1.807, 2.05) is 12.1 Å². The van der Waals surface area contributed by atoms with Gasteiger partial charge in [0.2, 0.25) is 0 Å². The largest absolute Gasteiger partial charge is 0.504 e. The summed E-state index contributed by atoms with van der Waals surface area (Å²) >= 11 is 0. The Kier molecular flexibility index (Phi) is 4.61. The Balaban J connectivity index is 1.28. The van der Waals surface area contributed by atoms with Gasteiger partial charge < -0.3 is 20.1 Å². The van der Waals surface area contributed by atoms with Gasteiger partial charge in [0.05, 0.1) is 29.5 Å². The zero-order valence-electron chi connectivity index (χ0n) is 18.2. The number of fused-ring (bicyclic) bond motifs is 2. The second-order valence-electron chi connectivity index (χ2n) is 8.29. The molecule has 0 saturated carbocycles. The first kappa shape index (κ1) is 19.5. The summed E-state index contributed by atoms with van der Waals surface area (Å²) in [7, 11) is 1.53. The molecule has 0 saturated heterocycles. The van der Waals surface area contributed by atoms with Gasteiger partial charge in [-0.05, 0) is 66.1 Å². The van der Waals surface area contributed by atoms with Crippen molar-refractivity contribution in [2.24, 2.45) is 9.98 Å². The summed E-state index contributed by atoms with van der Waals surface area (Å²) in [5.74, 6) is 2.20. The van der Waals surface area contributed by atoms with Crippen LogP contribution in [0, 0.1) is 0 Å². The average molecular weight is 438 g/mol. The maximum absolute atomic E-state index is 10.1. The molecule has 4 aromatic rings. The van der Waals surface area contributed by atoms with E-state index in [0.29, 0.717) is 11.6 Å². The fourth-order valence-corrected chi connectivity index (χ4v) is 4.40. The van der Waals surface area contributed by atoms with Crippen molar-refractivity contribution in [2.45, 2.75) is 12.8 Å². The average Bonchev–Trinajstić information content (AvgIpc) is 3.48. The van der Waals surface area contributed by atoms with E-state index in [-0.39, 0.29) is 5.75 Å². The lowest BCUT2D eigenvalue weighted by Crippen LogP contribution is -2.30. The first-order valence-corrected chi connectivity index (χ1v) is 11.0. The topological polar surface area (TPSA) is 94.9 Å². The molecule has 3 aromatic carbocycles. The number of benzene rings is 3. The molecule has 0 atom stereocenters. The van der Waals surface area contributed by atoms with E-state index in [0.717, 1.165) is 70.9 Å². The number of hydrogen-bond donors (Lipinski definition) is 3. The summed E-state index contributed by atoms with van der Waals surface area (Å²) in [6.45, 7) is 1.85. The van der Waals surface area contributed by atoms with Crippen LogP contribution < -0.4 is 10.1 Å². The highest BCUT2D eigenvalue weighted by Gasteiger charge is 2.19. The van der Waals surface area contributed by atoms with Gasteiger partial charge in [-0.2, -0.15) is 0 Å². The molecular formula is C26H23N5O2. The molecule has 0 unspecified atom stereocenters. The number of aliphatic imine (C=N–C) groups is 2. The monoisotopic (exact) mass is 437 g/mol. The van der Waals surface area contributed by atoms with Gasteiger partial charge in [-0.15, -0.1) is 0 Å². The number of amidine groups is 1. The van der Waals surface area contributed by atoms with Crippen LogP contribution in [0.5, 0.6) is 11.5 Å². The lowest BCUT2D eigenvalue weighted by molar-refractivity contribution is 0.373. The van der Waals surface area contributed by atoms with E-state index in [9.17, 15) is 5.11 Å². The van der Waals surface area contributed by atoms with E-state index >= 15 is 0 Å². The molecule has 0 spiro atoms. The molecule has 3 heterocycles. The number of ether oxygens (including phenoxy) is 1. The lowest BCUT2D eigenvalue weighted by atomic mass is 10.0. The van der Waals surface area contributed by atoms with Crippen LogP contribution in [0.2, 0.25) is 0 Å². The van der Waals surface area contributed by atoms with Crippen LogP contribution in [-0.4, -0.2) is 46.8 Å². The van der Waals surface area contributed by atoms with Crippen molar-refractivity contribution < 1.29 is 9.84 Å². The summed E-state index contributed by atoms with van der Waals surface area (Å²) in [6.07, 6.45) is 1.87. The lowest BCUT2D eigenvalue weighted by Gasteiger charge is -2.15. The minimum atomic E-state index is 0.0861. The highest BCUT2D eigenvalue weighted by molar-refractivity contribution is 6.09. The van der Waals surface area contributed by atoms with Gasteiger partial charge >= 0.3 is 0 Å². The molecular weight excluding hydrogens is 414 g/mol. The Morgan fingerprint density at radius 3 is 2.67 bits per heavy atom. The number of aromatic nitrogens is 2. The van der Waals surface area contributed by atoms with Gasteiger partial charge in [0.25, 0.3) is 0 Å². The summed E-state index contributed by atoms with van der Waals surface area (Å²) < 4.78 is 5.13. The fraction of sp³-hybridized carbons (Fsp3) is 0.192. The molecule has 0 aliphatic carbocycles. The second kappa shape index (κ2) is 7.78. The fourth-order valence-electron chi connectivity index (χ4n) is 4.40. The Bertz CT molecular complexity index is 1450. The van der Waals surface area contributed by atoms with Crippen molar-refractivity contribution in [3.8, 4) is 22.9 Å². The molecule has 164 valence electrons. The van der Waals surface area contributed by atoms with Gasteiger partial charge in [-0.3, -0.25) is 9.98 Å². The maximum atomic E-state index is 10.1. The number of nitrogens with one attached hydrogen (secondary N) is 2. The highest BCUT2D eigenvalue weighted by Crippen LogP contribution is 2.33. The summed E-state index contributed by atoms with van der Waals surface area (Å²) in [5, 5.41) is 13.5. The molecule has 0 radical (unpaired) electrons. The number of aromatic amines is 1. The standard InChI is InChI=1S/C26H23N5O2/c1-33-24-8-5-17(14-23(24)32)26-30-20-7-3-15(12-22(20)31-26)21-13-18-11-16(4-6-19(18)29-21)25-27-9-2-10-28-25/h3-8,11-12,14,32H,2,9-10,13H2,1H3,(H,27,28)(H,30,31). The third-order valence-corrected chi connectivity index (χ3v) is 6.13. The zero-order chi connectivity index (χ0) is 22.4. The molecule has 0 bridgehead atoms. The van der Waals surface area contributed by atoms with E-state index in [1.54, 1.807) is 12.1 Å². The molecule has 0 fully saturated rings. The van der Waals surface area contributed by atoms with Crippen LogP contribution in [0.4, 0.5) is 5.69 Å². The van der Waals surface area contributed by atoms with Crippen molar-refractivity contribution in [3.05, 3.63) is 71.3 Å². The molecule has 7 nitrogen and oxygen atoms in total. The molecule has 0 amide bonds. The van der Waals surface area contributed by atoms with Crippen LogP contribution in [0.25, 0.3) is 22.4 Å². The van der Waals surface area contributed by atoms with E-state index in [2.05, 4.69) is 50.6 Å². The number of phenolic OH excluding ortho intramolecular Hbond substituents is 1. The molecule has 2 aliphatic rings. The second-order valence-corrected chi connectivity index (χ2v) is 8.29. The number of aromatic hydroxyl groups is 1. The first-order chi connectivity index (χ1) is 16.2. The van der Waals surface area contributed by atoms with E-state index < -0.39 is 0 Å². The van der Waals surface area contributed by atoms with Crippen molar-refractivity contribution in [3.63, 3.8) is 0 Å². The van der Waals surface area contributed by atoms with Gasteiger partial charge in [0, 0.05) is 30.6 Å². The number of H-pyrrole nitrogens is 1. The normalized spacial score (nSPS) is 15.1. The van der Waals surface area contributed by atoms with Gasteiger partial charge in [-0.25, -0.2) is 4.98 Å². The number of nitrogens with zero attached hydrogens (tertiary/aromatic N) is 3. The quantitative estimate of drug-likeness (QED) is 0.442. The molecule has 3 N–H and O–H groups in total. The van der Waals surface area contributed by atoms with Crippen molar-refractivity contribution in [1.82, 2.24) is 15.3 Å². The van der Waals surface area contributed by atoms with Crippen molar-refractivity contribution >= 4 is 28.3 Å². The van der Waals surface area contributed by atoms with Crippen LogP contribution in [-0.2, 0) is 6.42 Å².